The Labute approximate surface area is 139 Å². The number of hydrogen-bond acceptors (Lipinski definition) is 4. The third kappa shape index (κ3) is 2.48. The van der Waals surface area contributed by atoms with Gasteiger partial charge in [0.2, 0.25) is 0 Å². The first kappa shape index (κ1) is 14.3. The normalized spacial score (nSPS) is 10.9. The fourth-order valence-electron chi connectivity index (χ4n) is 2.74. The molecule has 0 aliphatic heterocycles. The number of nitrogens with zero attached hydrogens (tertiary/aromatic N) is 3. The van der Waals surface area contributed by atoms with E-state index in [0.717, 1.165) is 22.3 Å². The highest BCUT2D eigenvalue weighted by Crippen LogP contribution is 2.32. The second kappa shape index (κ2) is 5.74. The first-order valence-corrected chi connectivity index (χ1v) is 7.71. The lowest BCUT2D eigenvalue weighted by Crippen LogP contribution is -1.97. The van der Waals surface area contributed by atoms with E-state index in [4.69, 9.17) is 4.98 Å². The molecule has 0 saturated carbocycles. The van der Waals surface area contributed by atoms with Crippen molar-refractivity contribution in [3.63, 3.8) is 0 Å². The van der Waals surface area contributed by atoms with Crippen molar-refractivity contribution < 1.29 is 5.11 Å². The molecule has 0 amide bonds. The second-order valence-corrected chi connectivity index (χ2v) is 5.60. The molecule has 0 saturated heterocycles. The summed E-state index contributed by atoms with van der Waals surface area (Å²) in [6, 6.07) is 21.0. The lowest BCUT2D eigenvalue weighted by Gasteiger charge is -2.10. The van der Waals surface area contributed by atoms with Crippen molar-refractivity contribution in [3.8, 4) is 28.5 Å². The largest absolute Gasteiger partial charge is 0.506 e. The van der Waals surface area contributed by atoms with Crippen LogP contribution in [0.1, 0.15) is 5.69 Å². The van der Waals surface area contributed by atoms with Crippen LogP contribution >= 0.6 is 0 Å². The van der Waals surface area contributed by atoms with Gasteiger partial charge in [-0.25, -0.2) is 15.0 Å². The van der Waals surface area contributed by atoms with Crippen molar-refractivity contribution in [2.24, 2.45) is 0 Å². The van der Waals surface area contributed by atoms with Crippen LogP contribution in [0.5, 0.6) is 5.75 Å². The van der Waals surface area contributed by atoms with Gasteiger partial charge in [0.05, 0.1) is 5.69 Å². The van der Waals surface area contributed by atoms with Crippen molar-refractivity contribution in [2.45, 2.75) is 6.92 Å². The highest BCUT2D eigenvalue weighted by molar-refractivity contribution is 5.96. The number of phenolic OH excluding ortho intramolecular Hbond substituents is 1. The van der Waals surface area contributed by atoms with Gasteiger partial charge in [0.15, 0.2) is 5.82 Å². The van der Waals surface area contributed by atoms with Crippen LogP contribution in [0.25, 0.3) is 33.7 Å². The van der Waals surface area contributed by atoms with Gasteiger partial charge in [-0.05, 0) is 25.1 Å². The Bertz CT molecular complexity index is 1030. The zero-order valence-corrected chi connectivity index (χ0v) is 13.1. The maximum Gasteiger partial charge on any atom is 0.179 e. The minimum atomic E-state index is 0.140. The maximum absolute atomic E-state index is 10.3. The number of pyridine rings is 1. The summed E-state index contributed by atoms with van der Waals surface area (Å²) in [5.41, 5.74) is 3.89. The van der Waals surface area contributed by atoms with Gasteiger partial charge in [-0.1, -0.05) is 48.5 Å². The van der Waals surface area contributed by atoms with Gasteiger partial charge in [-0.3, -0.25) is 0 Å². The van der Waals surface area contributed by atoms with Crippen LogP contribution in [0.15, 0.2) is 66.7 Å². The number of aromatic hydroxyl groups is 1. The lowest BCUT2D eigenvalue weighted by atomic mass is 10.1. The van der Waals surface area contributed by atoms with Crippen molar-refractivity contribution >= 4 is 10.9 Å². The van der Waals surface area contributed by atoms with E-state index in [-0.39, 0.29) is 5.75 Å². The molecule has 24 heavy (non-hydrogen) atoms. The SMILES string of the molecule is Cc1cccc(-c2nc(-c3ccccc3)c3cccc(O)c3n2)n1. The summed E-state index contributed by atoms with van der Waals surface area (Å²) in [4.78, 5) is 13.8. The molecule has 4 heteroatoms. The quantitative estimate of drug-likeness (QED) is 0.597. The highest BCUT2D eigenvalue weighted by atomic mass is 16.3. The molecule has 0 unspecified atom stereocenters. The van der Waals surface area contributed by atoms with Crippen LogP contribution in [-0.2, 0) is 0 Å². The Balaban J connectivity index is 2.05. The Morgan fingerprint density at radius 1 is 0.750 bits per heavy atom. The Hall–Kier alpha value is -3.27. The van der Waals surface area contributed by atoms with E-state index in [9.17, 15) is 5.11 Å². The maximum atomic E-state index is 10.3. The molecule has 1 N–H and O–H groups in total. The summed E-state index contributed by atoms with van der Waals surface area (Å²) in [6.07, 6.45) is 0. The van der Waals surface area contributed by atoms with Crippen molar-refractivity contribution in [2.75, 3.05) is 0 Å². The molecule has 4 rings (SSSR count). The minimum absolute atomic E-state index is 0.140. The van der Waals surface area contributed by atoms with Gasteiger partial charge < -0.3 is 5.11 Å². The van der Waals surface area contributed by atoms with E-state index < -0.39 is 0 Å². The van der Waals surface area contributed by atoms with Crippen LogP contribution in [0, 0.1) is 6.92 Å². The van der Waals surface area contributed by atoms with Crippen LogP contribution in [0.4, 0.5) is 0 Å². The van der Waals surface area contributed by atoms with E-state index in [0.29, 0.717) is 17.0 Å². The molecular formula is C20H15N3O. The number of hydrogen-bond donors (Lipinski definition) is 1. The second-order valence-electron chi connectivity index (χ2n) is 5.60. The van der Waals surface area contributed by atoms with E-state index in [2.05, 4.69) is 9.97 Å². The van der Waals surface area contributed by atoms with Gasteiger partial charge in [0.25, 0.3) is 0 Å². The fraction of sp³-hybridized carbons (Fsp3) is 0.0500. The molecule has 4 aromatic rings. The lowest BCUT2D eigenvalue weighted by molar-refractivity contribution is 0.480. The molecule has 0 bridgehead atoms. The predicted octanol–water partition coefficient (Wildman–Crippen LogP) is 4.37. The number of fused-ring (bicyclic) bond motifs is 1. The van der Waals surface area contributed by atoms with Crippen LogP contribution in [-0.4, -0.2) is 20.1 Å². The van der Waals surface area contributed by atoms with Crippen molar-refractivity contribution in [1.82, 2.24) is 15.0 Å². The summed E-state index contributed by atoms with van der Waals surface area (Å²) >= 11 is 0. The zero-order chi connectivity index (χ0) is 16.5. The van der Waals surface area contributed by atoms with Gasteiger partial charge in [0, 0.05) is 16.6 Å². The van der Waals surface area contributed by atoms with Crippen LogP contribution in [0.2, 0.25) is 0 Å². The molecule has 116 valence electrons. The number of rotatable bonds is 2. The number of benzene rings is 2. The number of phenols is 1. The monoisotopic (exact) mass is 313 g/mol. The average molecular weight is 313 g/mol. The van der Waals surface area contributed by atoms with Crippen LogP contribution < -0.4 is 0 Å². The van der Waals surface area contributed by atoms with Gasteiger partial charge >= 0.3 is 0 Å². The standard InChI is InChI=1S/C20H15N3O/c1-13-7-5-11-16(21-13)20-22-18(14-8-3-2-4-9-14)15-10-6-12-17(24)19(15)23-20/h2-12,24H,1H3. The van der Waals surface area contributed by atoms with Gasteiger partial charge in [0.1, 0.15) is 17.0 Å². The molecule has 2 aromatic carbocycles. The molecular weight excluding hydrogens is 298 g/mol. The summed E-state index contributed by atoms with van der Waals surface area (Å²) in [5.74, 6) is 0.646. The molecule has 0 aliphatic carbocycles. The summed E-state index contributed by atoms with van der Waals surface area (Å²) in [7, 11) is 0. The van der Waals surface area contributed by atoms with Gasteiger partial charge in [-0.2, -0.15) is 0 Å². The average Bonchev–Trinajstić information content (AvgIpc) is 2.62. The third-order valence-electron chi connectivity index (χ3n) is 3.87. The highest BCUT2D eigenvalue weighted by Gasteiger charge is 2.14. The molecule has 0 aliphatic rings. The minimum Gasteiger partial charge on any atom is -0.506 e. The van der Waals surface area contributed by atoms with Crippen molar-refractivity contribution in [3.05, 3.63) is 72.4 Å². The van der Waals surface area contributed by atoms with Gasteiger partial charge in [-0.15, -0.1) is 0 Å². The first-order valence-electron chi connectivity index (χ1n) is 7.71. The molecule has 0 atom stereocenters. The Kier molecular flexibility index (Phi) is 3.43. The number of aromatic nitrogens is 3. The van der Waals surface area contributed by atoms with E-state index in [1.165, 1.54) is 0 Å². The van der Waals surface area contributed by atoms with E-state index >= 15 is 0 Å². The van der Waals surface area contributed by atoms with E-state index in [1.807, 2.05) is 61.5 Å². The number of para-hydroxylation sites is 1. The molecule has 0 radical (unpaired) electrons. The topological polar surface area (TPSA) is 58.9 Å². The molecule has 2 heterocycles. The smallest absolute Gasteiger partial charge is 0.179 e. The Morgan fingerprint density at radius 2 is 1.54 bits per heavy atom. The third-order valence-corrected chi connectivity index (χ3v) is 3.87. The predicted molar refractivity (Wildman–Crippen MR) is 94.6 cm³/mol. The molecule has 0 fully saturated rings. The Morgan fingerprint density at radius 3 is 2.33 bits per heavy atom. The summed E-state index contributed by atoms with van der Waals surface area (Å²) < 4.78 is 0. The van der Waals surface area contributed by atoms with Crippen molar-refractivity contribution in [1.29, 1.82) is 0 Å². The first-order chi connectivity index (χ1) is 11.7. The van der Waals surface area contributed by atoms with E-state index in [1.54, 1.807) is 12.1 Å². The molecule has 2 aromatic heterocycles. The molecule has 0 spiro atoms. The zero-order valence-electron chi connectivity index (χ0n) is 13.1. The summed E-state index contributed by atoms with van der Waals surface area (Å²) in [5, 5.41) is 11.1. The molecule has 4 nitrogen and oxygen atoms in total. The fourth-order valence-corrected chi connectivity index (χ4v) is 2.74. The van der Waals surface area contributed by atoms with Crippen LogP contribution in [0.3, 0.4) is 0 Å². The summed E-state index contributed by atoms with van der Waals surface area (Å²) in [6.45, 7) is 1.93. The number of aryl methyl sites for hydroxylation is 1.